The van der Waals surface area contributed by atoms with Gasteiger partial charge in [0.2, 0.25) is 0 Å². The molecule has 0 aliphatic carbocycles. The van der Waals surface area contributed by atoms with Gasteiger partial charge in [0.25, 0.3) is 0 Å². The van der Waals surface area contributed by atoms with Crippen molar-refractivity contribution in [2.75, 3.05) is 6.61 Å². The SMILES string of the molecule is CC(C)(C)CC(C)(C)OOCC(C)(C)C(=O)[O-]. The van der Waals surface area contributed by atoms with E-state index in [0.717, 1.165) is 6.42 Å². The van der Waals surface area contributed by atoms with Crippen molar-refractivity contribution in [3.8, 4) is 0 Å². The zero-order valence-corrected chi connectivity index (χ0v) is 12.0. The lowest BCUT2D eigenvalue weighted by Crippen LogP contribution is -2.42. The molecule has 0 aromatic rings. The van der Waals surface area contributed by atoms with Gasteiger partial charge in [-0.3, -0.25) is 0 Å². The van der Waals surface area contributed by atoms with E-state index in [4.69, 9.17) is 9.78 Å². The fourth-order valence-corrected chi connectivity index (χ4v) is 1.70. The maximum absolute atomic E-state index is 10.8. The van der Waals surface area contributed by atoms with E-state index in [2.05, 4.69) is 20.8 Å². The van der Waals surface area contributed by atoms with Gasteiger partial charge in [0.05, 0.1) is 12.2 Å². The van der Waals surface area contributed by atoms with E-state index in [1.807, 2.05) is 13.8 Å². The van der Waals surface area contributed by atoms with Gasteiger partial charge in [0.15, 0.2) is 0 Å². The Balaban J connectivity index is 4.16. The van der Waals surface area contributed by atoms with E-state index >= 15 is 0 Å². The van der Waals surface area contributed by atoms with Crippen molar-refractivity contribution < 1.29 is 19.7 Å². The van der Waals surface area contributed by atoms with E-state index in [1.165, 1.54) is 0 Å². The lowest BCUT2D eigenvalue weighted by molar-refractivity contribution is -0.375. The van der Waals surface area contributed by atoms with Crippen LogP contribution in [0.15, 0.2) is 0 Å². The topological polar surface area (TPSA) is 58.6 Å². The third kappa shape index (κ3) is 7.34. The Hall–Kier alpha value is -0.610. The first-order valence-electron chi connectivity index (χ1n) is 5.88. The molecule has 0 radical (unpaired) electrons. The van der Waals surface area contributed by atoms with Gasteiger partial charge in [0.1, 0.15) is 0 Å². The number of carbonyl (C=O) groups is 1. The number of carboxylic acid groups (broad SMARTS) is 1. The summed E-state index contributed by atoms with van der Waals surface area (Å²) >= 11 is 0. The third-order valence-electron chi connectivity index (χ3n) is 2.21. The lowest BCUT2D eigenvalue weighted by Gasteiger charge is -2.32. The van der Waals surface area contributed by atoms with E-state index in [-0.39, 0.29) is 12.0 Å². The van der Waals surface area contributed by atoms with Crippen molar-refractivity contribution in [2.24, 2.45) is 10.8 Å². The Morgan fingerprint density at radius 1 is 1.06 bits per heavy atom. The fourth-order valence-electron chi connectivity index (χ4n) is 1.70. The maximum Gasteiger partial charge on any atom is 0.0985 e. The molecule has 0 spiro atoms. The second kappa shape index (κ2) is 5.36. The highest BCUT2D eigenvalue weighted by molar-refractivity contribution is 5.71. The van der Waals surface area contributed by atoms with Crippen LogP contribution in [0.1, 0.15) is 54.9 Å². The predicted molar refractivity (Wildman–Crippen MR) is 64.0 cm³/mol. The Kier molecular flexibility index (Phi) is 5.16. The van der Waals surface area contributed by atoms with Crippen LogP contribution in [0.4, 0.5) is 0 Å². The number of rotatable bonds is 6. The Morgan fingerprint density at radius 3 is 1.88 bits per heavy atom. The zero-order chi connectivity index (χ0) is 13.9. The van der Waals surface area contributed by atoms with Gasteiger partial charge in [-0.05, 0) is 25.7 Å². The quantitative estimate of drug-likeness (QED) is 0.530. The third-order valence-corrected chi connectivity index (χ3v) is 2.21. The Morgan fingerprint density at radius 2 is 1.53 bits per heavy atom. The number of aliphatic carboxylic acids is 1. The van der Waals surface area contributed by atoms with Gasteiger partial charge in [-0.2, -0.15) is 0 Å². The number of hydrogen-bond donors (Lipinski definition) is 0. The molecule has 4 heteroatoms. The minimum atomic E-state index is -1.14. The van der Waals surface area contributed by atoms with E-state index < -0.39 is 17.0 Å². The molecule has 0 unspecified atom stereocenters. The van der Waals surface area contributed by atoms with Crippen LogP contribution < -0.4 is 5.11 Å². The average molecular weight is 245 g/mol. The molecule has 0 fully saturated rings. The molecule has 4 nitrogen and oxygen atoms in total. The molecule has 102 valence electrons. The summed E-state index contributed by atoms with van der Waals surface area (Å²) in [5.41, 5.74) is -1.37. The molecule has 0 saturated heterocycles. The molecule has 0 bridgehead atoms. The van der Waals surface area contributed by atoms with Gasteiger partial charge >= 0.3 is 0 Å². The van der Waals surface area contributed by atoms with Gasteiger partial charge < -0.3 is 9.90 Å². The van der Waals surface area contributed by atoms with Crippen LogP contribution in [0.25, 0.3) is 0 Å². The normalized spacial score (nSPS) is 13.8. The van der Waals surface area contributed by atoms with Crippen molar-refractivity contribution in [1.29, 1.82) is 0 Å². The molecule has 0 saturated carbocycles. The highest BCUT2D eigenvalue weighted by atomic mass is 17.2. The molecule has 0 rings (SSSR count). The smallest absolute Gasteiger partial charge is 0.0985 e. The van der Waals surface area contributed by atoms with Crippen molar-refractivity contribution in [3.63, 3.8) is 0 Å². The molecule has 0 atom stereocenters. The molecule has 0 aliphatic heterocycles. The number of hydrogen-bond acceptors (Lipinski definition) is 4. The van der Waals surface area contributed by atoms with Crippen LogP contribution in [-0.4, -0.2) is 18.2 Å². The first kappa shape index (κ1) is 16.4. The van der Waals surface area contributed by atoms with Gasteiger partial charge in [0, 0.05) is 11.4 Å². The standard InChI is InChI=1S/C13H26O4/c1-11(2,3)8-13(6,7)17-16-9-12(4,5)10(14)15/h8-9H2,1-7H3,(H,14,15)/p-1. The molecule has 0 aliphatic rings. The average Bonchev–Trinajstić information content (AvgIpc) is 1.97. The number of carbonyl (C=O) groups excluding carboxylic acids is 1. The molecule has 0 heterocycles. The molecule has 0 aromatic carbocycles. The molecule has 0 N–H and O–H groups in total. The van der Waals surface area contributed by atoms with Crippen LogP contribution in [0.2, 0.25) is 0 Å². The van der Waals surface area contributed by atoms with E-state index in [9.17, 15) is 9.90 Å². The first-order chi connectivity index (χ1) is 7.36. The second-order valence-corrected chi connectivity index (χ2v) is 7.01. The van der Waals surface area contributed by atoms with Gasteiger partial charge in [-0.25, -0.2) is 9.78 Å². The van der Waals surface area contributed by atoms with E-state index in [1.54, 1.807) is 13.8 Å². The van der Waals surface area contributed by atoms with Crippen LogP contribution in [0.5, 0.6) is 0 Å². The maximum atomic E-state index is 10.8. The highest BCUT2D eigenvalue weighted by Gasteiger charge is 2.29. The van der Waals surface area contributed by atoms with Crippen molar-refractivity contribution >= 4 is 5.97 Å². The summed E-state index contributed by atoms with van der Waals surface area (Å²) < 4.78 is 0. The minimum Gasteiger partial charge on any atom is -0.549 e. The fraction of sp³-hybridized carbons (Fsp3) is 0.923. The summed E-state index contributed by atoms with van der Waals surface area (Å²) in [6, 6.07) is 0. The summed E-state index contributed by atoms with van der Waals surface area (Å²) in [4.78, 5) is 21.1. The molecule has 0 aromatic heterocycles. The molecule has 0 amide bonds. The summed E-state index contributed by atoms with van der Waals surface area (Å²) in [7, 11) is 0. The largest absolute Gasteiger partial charge is 0.549 e. The Labute approximate surface area is 104 Å². The molecule has 17 heavy (non-hydrogen) atoms. The zero-order valence-electron chi connectivity index (χ0n) is 12.0. The summed E-state index contributed by atoms with van der Waals surface area (Å²) in [6.07, 6.45) is 0.811. The molecular formula is C13H25O4-. The monoisotopic (exact) mass is 245 g/mol. The van der Waals surface area contributed by atoms with Gasteiger partial charge in [-0.15, -0.1) is 0 Å². The summed E-state index contributed by atoms with van der Waals surface area (Å²) in [5, 5.41) is 10.8. The first-order valence-corrected chi connectivity index (χ1v) is 5.88. The van der Waals surface area contributed by atoms with Crippen molar-refractivity contribution in [3.05, 3.63) is 0 Å². The van der Waals surface area contributed by atoms with E-state index in [0.29, 0.717) is 0 Å². The lowest BCUT2D eigenvalue weighted by atomic mass is 9.84. The van der Waals surface area contributed by atoms with Crippen LogP contribution in [0, 0.1) is 10.8 Å². The number of carboxylic acids is 1. The predicted octanol–water partition coefficient (Wildman–Crippen LogP) is 1.93. The van der Waals surface area contributed by atoms with Crippen molar-refractivity contribution in [2.45, 2.75) is 60.5 Å². The second-order valence-electron chi connectivity index (χ2n) is 7.01. The highest BCUT2D eigenvalue weighted by Crippen LogP contribution is 2.30. The summed E-state index contributed by atoms with van der Waals surface area (Å²) in [6.45, 7) is 13.2. The molecular weight excluding hydrogens is 220 g/mol. The van der Waals surface area contributed by atoms with Gasteiger partial charge in [-0.1, -0.05) is 34.6 Å². The summed E-state index contributed by atoms with van der Waals surface area (Å²) in [5.74, 6) is -1.14. The van der Waals surface area contributed by atoms with Crippen LogP contribution in [-0.2, 0) is 14.6 Å². The minimum absolute atomic E-state index is 0.0249. The van der Waals surface area contributed by atoms with Crippen molar-refractivity contribution in [1.82, 2.24) is 0 Å². The Bertz CT molecular complexity index is 261. The van der Waals surface area contributed by atoms with Crippen LogP contribution >= 0.6 is 0 Å². The van der Waals surface area contributed by atoms with Crippen LogP contribution in [0.3, 0.4) is 0 Å².